The second-order valence-electron chi connectivity index (χ2n) is 19.2. The van der Waals surface area contributed by atoms with E-state index in [9.17, 15) is 0 Å². The van der Waals surface area contributed by atoms with Gasteiger partial charge in [0, 0.05) is 0 Å². The van der Waals surface area contributed by atoms with Gasteiger partial charge in [0.15, 0.2) is 0 Å². The predicted octanol–water partition coefficient (Wildman–Crippen LogP) is 16.2. The first-order chi connectivity index (χ1) is 27.2. The molecule has 2 nitrogen and oxygen atoms in total. The zero-order valence-electron chi connectivity index (χ0n) is 36.1. The van der Waals surface area contributed by atoms with Crippen molar-refractivity contribution in [2.45, 2.75) is 100 Å². The molecule has 2 atom stereocenters. The maximum absolute atomic E-state index is 8.97. The number of benzene rings is 4. The van der Waals surface area contributed by atoms with Crippen LogP contribution < -0.4 is 0 Å². The Labute approximate surface area is 354 Å². The van der Waals surface area contributed by atoms with E-state index in [-0.39, 0.29) is 18.1 Å². The third kappa shape index (κ3) is 6.70. The number of fused-ring (bicyclic) bond motifs is 2. The Hall–Kier alpha value is -3.40. The molecule has 0 saturated carbocycles. The molecule has 0 amide bonds. The third-order valence-electron chi connectivity index (χ3n) is 13.0. The fourth-order valence-electron chi connectivity index (χ4n) is 9.65. The molecule has 2 aromatic heterocycles. The molecule has 58 heavy (non-hydrogen) atoms. The summed E-state index contributed by atoms with van der Waals surface area (Å²) in [6.07, 6.45) is 4.74. The van der Waals surface area contributed by atoms with Crippen molar-refractivity contribution in [1.29, 1.82) is 0 Å². The van der Waals surface area contributed by atoms with E-state index in [1.807, 2.05) is 13.8 Å². The molecule has 0 saturated heterocycles. The van der Waals surface area contributed by atoms with Crippen molar-refractivity contribution in [3.8, 4) is 22.3 Å². The summed E-state index contributed by atoms with van der Waals surface area (Å²) in [5.74, 6) is 3.42. The summed E-state index contributed by atoms with van der Waals surface area (Å²) >= 11 is -5.39. The maximum atomic E-state index is 8.97. The van der Waals surface area contributed by atoms with Crippen LogP contribution in [-0.4, -0.2) is 5.43 Å². The zero-order chi connectivity index (χ0) is 41.7. The van der Waals surface area contributed by atoms with Gasteiger partial charge in [-0.2, -0.15) is 0 Å². The minimum atomic E-state index is -5.39. The van der Waals surface area contributed by atoms with Crippen molar-refractivity contribution in [2.24, 2.45) is 0 Å². The first-order valence-corrected chi connectivity index (χ1v) is 36.0. The molecule has 2 heterocycles. The van der Waals surface area contributed by atoms with Gasteiger partial charge in [-0.15, -0.1) is 0 Å². The van der Waals surface area contributed by atoms with Crippen LogP contribution >= 0.6 is 17.0 Å². The van der Waals surface area contributed by atoms with E-state index >= 15 is 0 Å². The first kappa shape index (κ1) is 41.3. The molecule has 4 aromatic carbocycles. The molecule has 8 rings (SSSR count). The van der Waals surface area contributed by atoms with Gasteiger partial charge in [-0.3, -0.25) is 0 Å². The molecule has 6 aromatic rings. The van der Waals surface area contributed by atoms with Gasteiger partial charge in [-0.1, -0.05) is 0 Å². The van der Waals surface area contributed by atoms with E-state index in [2.05, 4.69) is 178 Å². The van der Waals surface area contributed by atoms with E-state index in [0.717, 1.165) is 34.2 Å². The van der Waals surface area contributed by atoms with Crippen LogP contribution in [0.5, 0.6) is 0 Å². The van der Waals surface area contributed by atoms with E-state index in [1.54, 1.807) is 0 Å². The summed E-state index contributed by atoms with van der Waals surface area (Å²) in [6.45, 7) is 26.8. The molecule has 0 N–H and O–H groups in total. The third-order valence-corrected chi connectivity index (χ3v) is 59.2. The molecule has 0 aliphatic heterocycles. The van der Waals surface area contributed by atoms with Gasteiger partial charge in [0.1, 0.15) is 0 Å². The summed E-state index contributed by atoms with van der Waals surface area (Å²) in [7, 11) is 17.9. The summed E-state index contributed by atoms with van der Waals surface area (Å²) in [4.78, 5) is 0. The SMILES string of the molecule is Cc1ccc(C2=Cc3c(ccc(C)c3-c3ccc(C(C)(C)C)cc3)[CH]2[Zr]([Cl])([Cl])([CH]2C(c3ccc(C)o3)=Cc3c2ccc(C)c3-c2ccc(C(C)(C)C)cc2)=[Si](C)C)o1. The van der Waals surface area contributed by atoms with Crippen LogP contribution in [-0.2, 0) is 25.8 Å². The van der Waals surface area contributed by atoms with Crippen LogP contribution in [0.25, 0.3) is 45.6 Å². The Balaban J connectivity index is 1.42. The molecular formula is C52H56Cl2O2SiZr. The number of allylic oxidation sites excluding steroid dienone is 2. The van der Waals surface area contributed by atoms with Crippen LogP contribution in [0.3, 0.4) is 0 Å². The number of hydrogen-bond acceptors (Lipinski definition) is 2. The Morgan fingerprint density at radius 3 is 1.16 bits per heavy atom. The van der Waals surface area contributed by atoms with Gasteiger partial charge < -0.3 is 0 Å². The molecule has 0 spiro atoms. The normalized spacial score (nSPS) is 16.9. The Morgan fingerprint density at radius 2 is 0.862 bits per heavy atom. The Kier molecular flexibility index (Phi) is 10.2. The average molecular weight is 903 g/mol. The number of hydrogen-bond donors (Lipinski definition) is 0. The van der Waals surface area contributed by atoms with Crippen molar-refractivity contribution in [2.75, 3.05) is 0 Å². The van der Waals surface area contributed by atoms with Crippen molar-refractivity contribution in [3.63, 3.8) is 0 Å². The fourth-order valence-corrected chi connectivity index (χ4v) is 37.3. The van der Waals surface area contributed by atoms with Gasteiger partial charge in [-0.05, 0) is 0 Å². The molecule has 2 unspecified atom stereocenters. The standard InChI is InChI=1S/2C25H25O.C2H6Si.2ClH.Zr/c2*1-16-6-8-19-14-20(23-13-7-17(2)26-23)15-22(19)24(16)18-9-11-21(12-10-18)25(3,4)5;1-3-2;;;/h2*6-15H,1-5H3;1-2H3;2*1H;/q;;;;;+2/p-2. The van der Waals surface area contributed by atoms with Crippen molar-refractivity contribution in [1.82, 2.24) is 0 Å². The predicted molar refractivity (Wildman–Crippen MR) is 248 cm³/mol. The summed E-state index contributed by atoms with van der Waals surface area (Å²) in [6, 6.07) is 35.8. The van der Waals surface area contributed by atoms with Gasteiger partial charge >= 0.3 is 357 Å². The van der Waals surface area contributed by atoms with Crippen LogP contribution in [0, 0.1) is 27.7 Å². The summed E-state index contributed by atoms with van der Waals surface area (Å²) < 4.78 is 12.7. The number of halogens is 2. The first-order valence-electron chi connectivity index (χ1n) is 20.6. The Bertz CT molecular complexity index is 2570. The Morgan fingerprint density at radius 1 is 0.500 bits per heavy atom. The van der Waals surface area contributed by atoms with Gasteiger partial charge in [0.2, 0.25) is 0 Å². The van der Waals surface area contributed by atoms with E-state index in [4.69, 9.17) is 25.9 Å². The van der Waals surface area contributed by atoms with E-state index < -0.39 is 20.4 Å². The van der Waals surface area contributed by atoms with Crippen LogP contribution in [0.4, 0.5) is 0 Å². The second-order valence-corrected chi connectivity index (χ2v) is 58.0. The molecular weight excluding hydrogens is 847 g/mol. The number of furan rings is 2. The van der Waals surface area contributed by atoms with E-state index in [0.29, 0.717) is 0 Å². The quantitative estimate of drug-likeness (QED) is 0.156. The van der Waals surface area contributed by atoms with Crippen molar-refractivity contribution < 1.29 is 23.8 Å². The van der Waals surface area contributed by atoms with Gasteiger partial charge in [0.05, 0.1) is 0 Å². The zero-order valence-corrected chi connectivity index (χ0v) is 41.1. The van der Waals surface area contributed by atoms with Crippen molar-refractivity contribution >= 4 is 45.8 Å². The molecule has 0 bridgehead atoms. The van der Waals surface area contributed by atoms with Crippen LogP contribution in [0.15, 0.2) is 106 Å². The topological polar surface area (TPSA) is 26.3 Å². The fraction of sp³-hybridized carbons (Fsp3) is 0.308. The molecule has 0 fully saturated rings. The van der Waals surface area contributed by atoms with E-state index in [1.165, 1.54) is 66.8 Å². The number of rotatable bonds is 6. The van der Waals surface area contributed by atoms with Crippen molar-refractivity contribution in [3.05, 3.63) is 165 Å². The summed E-state index contributed by atoms with van der Waals surface area (Å²) in [5, 5.41) is 0. The molecule has 298 valence electrons. The van der Waals surface area contributed by atoms with Gasteiger partial charge in [0.25, 0.3) is 0 Å². The molecule has 2 aliphatic rings. The van der Waals surface area contributed by atoms with Crippen LogP contribution in [0.2, 0.25) is 13.1 Å². The average Bonchev–Trinajstić information content (AvgIpc) is 3.96. The number of aryl methyl sites for hydroxylation is 4. The molecule has 2 aliphatic carbocycles. The van der Waals surface area contributed by atoms with Gasteiger partial charge in [-0.25, -0.2) is 0 Å². The van der Waals surface area contributed by atoms with Crippen LogP contribution in [0.1, 0.15) is 116 Å². The molecule has 0 radical (unpaired) electrons. The summed E-state index contributed by atoms with van der Waals surface area (Å²) in [5.41, 5.74) is 15.6. The second kappa shape index (κ2) is 14.4. The monoisotopic (exact) mass is 900 g/mol. The molecule has 6 heteroatoms. The minimum absolute atomic E-state index is 0.0590.